The molecule has 1 fully saturated rings. The van der Waals surface area contributed by atoms with Crippen LogP contribution in [0.15, 0.2) is 0 Å². The fraction of sp³-hybridized carbons (Fsp3) is 1.00. The van der Waals surface area contributed by atoms with E-state index >= 15 is 0 Å². The van der Waals surface area contributed by atoms with E-state index < -0.39 is 0 Å². The summed E-state index contributed by atoms with van der Waals surface area (Å²) in [7, 11) is 1.78. The van der Waals surface area contributed by atoms with Gasteiger partial charge in [-0.25, -0.2) is 0 Å². The van der Waals surface area contributed by atoms with Crippen molar-refractivity contribution in [1.29, 1.82) is 0 Å². The molecule has 0 heterocycles. The molecule has 1 rings (SSSR count). The van der Waals surface area contributed by atoms with Crippen molar-refractivity contribution in [1.82, 2.24) is 0 Å². The third-order valence-corrected chi connectivity index (χ3v) is 3.27. The molecule has 2 heteroatoms. The van der Waals surface area contributed by atoms with Crippen molar-refractivity contribution in [3.05, 3.63) is 0 Å². The van der Waals surface area contributed by atoms with Crippen LogP contribution in [0.4, 0.5) is 0 Å². The lowest BCUT2D eigenvalue weighted by Gasteiger charge is -2.39. The topological polar surface area (TPSA) is 35.2 Å². The molecule has 72 valence electrons. The molecule has 0 aliphatic heterocycles. The highest BCUT2D eigenvalue weighted by molar-refractivity contribution is 4.86. The van der Waals surface area contributed by atoms with Crippen molar-refractivity contribution < 1.29 is 4.74 Å². The van der Waals surface area contributed by atoms with Crippen LogP contribution in [0.5, 0.6) is 0 Å². The summed E-state index contributed by atoms with van der Waals surface area (Å²) in [6.07, 6.45) is 6.90. The highest BCUT2D eigenvalue weighted by Crippen LogP contribution is 2.39. The van der Waals surface area contributed by atoms with E-state index in [9.17, 15) is 0 Å². The van der Waals surface area contributed by atoms with Gasteiger partial charge in [0.2, 0.25) is 0 Å². The Morgan fingerprint density at radius 1 is 1.33 bits per heavy atom. The van der Waals surface area contributed by atoms with Crippen LogP contribution in [0.1, 0.15) is 39.0 Å². The van der Waals surface area contributed by atoms with Crippen LogP contribution in [-0.2, 0) is 4.74 Å². The molecule has 2 nitrogen and oxygen atoms in total. The Kier molecular flexibility index (Phi) is 3.53. The summed E-state index contributed by atoms with van der Waals surface area (Å²) in [5.74, 6) is 0. The van der Waals surface area contributed by atoms with Crippen molar-refractivity contribution in [2.75, 3.05) is 13.7 Å². The van der Waals surface area contributed by atoms with E-state index in [-0.39, 0.29) is 6.10 Å². The molecule has 1 unspecified atom stereocenters. The number of ether oxygens (including phenoxy) is 1. The Balaban J connectivity index is 2.53. The average Bonchev–Trinajstić information content (AvgIpc) is 2.07. The summed E-state index contributed by atoms with van der Waals surface area (Å²) >= 11 is 0. The maximum absolute atomic E-state index is 5.67. The minimum Gasteiger partial charge on any atom is -0.380 e. The van der Waals surface area contributed by atoms with Crippen LogP contribution in [0.2, 0.25) is 0 Å². The van der Waals surface area contributed by atoms with E-state index in [0.29, 0.717) is 12.0 Å². The molecule has 1 saturated carbocycles. The second-order valence-corrected chi connectivity index (χ2v) is 4.17. The van der Waals surface area contributed by atoms with E-state index in [1.54, 1.807) is 7.11 Å². The highest BCUT2D eigenvalue weighted by atomic mass is 16.5. The molecule has 0 saturated heterocycles. The summed E-state index contributed by atoms with van der Waals surface area (Å²) < 4.78 is 5.42. The molecule has 0 aromatic rings. The summed E-state index contributed by atoms with van der Waals surface area (Å²) in [5.41, 5.74) is 6.02. The van der Waals surface area contributed by atoms with E-state index in [4.69, 9.17) is 10.5 Å². The van der Waals surface area contributed by atoms with Crippen molar-refractivity contribution in [3.63, 3.8) is 0 Å². The van der Waals surface area contributed by atoms with Gasteiger partial charge in [0, 0.05) is 13.7 Å². The van der Waals surface area contributed by atoms with Crippen molar-refractivity contribution in [2.24, 2.45) is 11.1 Å². The Morgan fingerprint density at radius 3 is 2.33 bits per heavy atom. The smallest absolute Gasteiger partial charge is 0.0746 e. The highest BCUT2D eigenvalue weighted by Gasteiger charge is 2.34. The zero-order valence-corrected chi connectivity index (χ0v) is 8.31. The van der Waals surface area contributed by atoms with Gasteiger partial charge in [-0.1, -0.05) is 26.2 Å². The van der Waals surface area contributed by atoms with Crippen molar-refractivity contribution in [3.8, 4) is 0 Å². The van der Waals surface area contributed by atoms with Gasteiger partial charge in [-0.2, -0.15) is 0 Å². The molecule has 0 aromatic carbocycles. The first-order chi connectivity index (χ1) is 5.73. The van der Waals surface area contributed by atoms with E-state index in [2.05, 4.69) is 6.92 Å². The SMILES string of the molecule is COC(CN)C1(C)CCCCC1. The summed E-state index contributed by atoms with van der Waals surface area (Å²) in [6.45, 7) is 2.97. The van der Waals surface area contributed by atoms with E-state index in [1.807, 2.05) is 0 Å². The molecule has 1 aliphatic carbocycles. The van der Waals surface area contributed by atoms with Crippen LogP contribution < -0.4 is 5.73 Å². The Labute approximate surface area is 75.5 Å². The minimum absolute atomic E-state index is 0.262. The van der Waals surface area contributed by atoms with Crippen LogP contribution >= 0.6 is 0 Å². The molecule has 2 N–H and O–H groups in total. The molecular weight excluding hydrogens is 150 g/mol. The van der Waals surface area contributed by atoms with Crippen molar-refractivity contribution >= 4 is 0 Å². The molecule has 1 aliphatic rings. The van der Waals surface area contributed by atoms with Crippen LogP contribution in [0.3, 0.4) is 0 Å². The average molecular weight is 171 g/mol. The third-order valence-electron chi connectivity index (χ3n) is 3.27. The third kappa shape index (κ3) is 1.99. The van der Waals surface area contributed by atoms with Gasteiger partial charge in [0.1, 0.15) is 0 Å². The lowest BCUT2D eigenvalue weighted by Crippen LogP contribution is -2.40. The zero-order valence-electron chi connectivity index (χ0n) is 8.31. The molecule has 1 atom stereocenters. The lowest BCUT2D eigenvalue weighted by atomic mass is 9.72. The molecule has 0 radical (unpaired) electrons. The number of nitrogens with two attached hydrogens (primary N) is 1. The Morgan fingerprint density at radius 2 is 1.92 bits per heavy atom. The van der Waals surface area contributed by atoms with E-state index in [1.165, 1.54) is 32.1 Å². The second-order valence-electron chi connectivity index (χ2n) is 4.17. The van der Waals surface area contributed by atoms with Gasteiger partial charge in [0.15, 0.2) is 0 Å². The fourth-order valence-corrected chi connectivity index (χ4v) is 2.35. The van der Waals surface area contributed by atoms with Gasteiger partial charge < -0.3 is 10.5 Å². The first-order valence-corrected chi connectivity index (χ1v) is 4.96. The van der Waals surface area contributed by atoms with E-state index in [0.717, 1.165) is 0 Å². The normalized spacial score (nSPS) is 25.2. The van der Waals surface area contributed by atoms with Gasteiger partial charge in [-0.05, 0) is 18.3 Å². The Bertz CT molecular complexity index is 126. The number of hydrogen-bond acceptors (Lipinski definition) is 2. The summed E-state index contributed by atoms with van der Waals surface area (Å²) in [5, 5.41) is 0. The van der Waals surface area contributed by atoms with Crippen LogP contribution in [-0.4, -0.2) is 19.8 Å². The molecule has 0 amide bonds. The minimum atomic E-state index is 0.262. The molecule has 0 spiro atoms. The number of methoxy groups -OCH3 is 1. The summed E-state index contributed by atoms with van der Waals surface area (Å²) in [6, 6.07) is 0. The maximum Gasteiger partial charge on any atom is 0.0746 e. The molecule has 0 bridgehead atoms. The number of rotatable bonds is 3. The largest absolute Gasteiger partial charge is 0.380 e. The first kappa shape index (κ1) is 10.0. The van der Waals surface area contributed by atoms with Gasteiger partial charge in [-0.15, -0.1) is 0 Å². The zero-order chi connectivity index (χ0) is 9.03. The second kappa shape index (κ2) is 4.24. The Hall–Kier alpha value is -0.0800. The molecule has 0 aromatic heterocycles. The standard InChI is InChI=1S/C10H21NO/c1-10(9(8-11)12-2)6-4-3-5-7-10/h9H,3-8,11H2,1-2H3. The molecular formula is C10H21NO. The predicted molar refractivity (Wildman–Crippen MR) is 51.0 cm³/mol. The van der Waals surface area contributed by atoms with Gasteiger partial charge in [0.05, 0.1) is 6.10 Å². The van der Waals surface area contributed by atoms with Gasteiger partial charge in [0.25, 0.3) is 0 Å². The maximum atomic E-state index is 5.67. The lowest BCUT2D eigenvalue weighted by molar-refractivity contribution is -0.0176. The van der Waals surface area contributed by atoms with Crippen LogP contribution in [0.25, 0.3) is 0 Å². The van der Waals surface area contributed by atoms with Gasteiger partial charge in [-0.3, -0.25) is 0 Å². The predicted octanol–water partition coefficient (Wildman–Crippen LogP) is 1.93. The first-order valence-electron chi connectivity index (χ1n) is 4.96. The van der Waals surface area contributed by atoms with Gasteiger partial charge >= 0.3 is 0 Å². The number of hydrogen-bond donors (Lipinski definition) is 1. The van der Waals surface area contributed by atoms with Crippen molar-refractivity contribution in [2.45, 2.75) is 45.1 Å². The quantitative estimate of drug-likeness (QED) is 0.704. The van der Waals surface area contributed by atoms with Crippen LogP contribution in [0, 0.1) is 5.41 Å². The fourth-order valence-electron chi connectivity index (χ4n) is 2.35. The summed E-state index contributed by atoms with van der Waals surface area (Å²) in [4.78, 5) is 0. The monoisotopic (exact) mass is 171 g/mol. The molecule has 12 heavy (non-hydrogen) atoms.